The Kier molecular flexibility index (Phi) is 5.58. The molecule has 7 heteroatoms. The second-order valence-corrected chi connectivity index (χ2v) is 4.74. The molecule has 0 aliphatic heterocycles. The first-order chi connectivity index (χ1) is 11.5. The van der Waals surface area contributed by atoms with Crippen LogP contribution in [0.3, 0.4) is 0 Å². The molecule has 1 unspecified atom stereocenters. The van der Waals surface area contributed by atoms with Gasteiger partial charge in [0.25, 0.3) is 5.91 Å². The highest BCUT2D eigenvalue weighted by Gasteiger charge is 2.18. The van der Waals surface area contributed by atoms with Crippen molar-refractivity contribution in [1.82, 2.24) is 5.32 Å². The Hall–Kier alpha value is -3.27. The normalized spacial score (nSPS) is 11.2. The predicted molar refractivity (Wildman–Crippen MR) is 80.2 cm³/mol. The summed E-state index contributed by atoms with van der Waals surface area (Å²) in [6.07, 6.45) is 0.583. The molecule has 1 N–H and O–H groups in total. The van der Waals surface area contributed by atoms with Crippen LogP contribution in [0.2, 0.25) is 0 Å². The van der Waals surface area contributed by atoms with Crippen LogP contribution in [-0.4, -0.2) is 18.8 Å². The first-order valence-corrected chi connectivity index (χ1v) is 6.86. The van der Waals surface area contributed by atoms with Crippen molar-refractivity contribution in [3.8, 4) is 11.8 Å². The molecule has 1 atom stereocenters. The number of para-hydroxylation sites is 1. The highest BCUT2D eigenvalue weighted by molar-refractivity contribution is 5.81. The molecule has 1 amide bonds. The first-order valence-electron chi connectivity index (χ1n) is 6.86. The van der Waals surface area contributed by atoms with E-state index in [1.54, 1.807) is 18.2 Å². The van der Waals surface area contributed by atoms with E-state index >= 15 is 0 Å². The summed E-state index contributed by atoms with van der Waals surface area (Å²) in [4.78, 5) is 22.7. The maximum Gasteiger partial charge on any atom is 0.259 e. The third-order valence-corrected chi connectivity index (χ3v) is 3.11. The molecule has 0 fully saturated rings. The van der Waals surface area contributed by atoms with Crippen molar-refractivity contribution in [1.29, 1.82) is 5.26 Å². The van der Waals surface area contributed by atoms with E-state index < -0.39 is 30.2 Å². The smallest absolute Gasteiger partial charge is 0.259 e. The molecule has 0 saturated heterocycles. The fraction of sp³-hybridized carbons (Fsp3) is 0.118. The molecule has 0 bridgehead atoms. The second kappa shape index (κ2) is 7.83. The van der Waals surface area contributed by atoms with Gasteiger partial charge in [0.15, 0.2) is 12.9 Å². The quantitative estimate of drug-likeness (QED) is 0.826. The molecular weight excluding hydrogens is 318 g/mol. The SMILES string of the molecule is N#CC(NC(=O)COc1ccccc1C=O)c1ccc(F)cc1F. The zero-order chi connectivity index (χ0) is 17.5. The highest BCUT2D eigenvalue weighted by Crippen LogP contribution is 2.18. The predicted octanol–water partition coefficient (Wildman–Crippen LogP) is 2.54. The van der Waals surface area contributed by atoms with Gasteiger partial charge in [-0.3, -0.25) is 9.59 Å². The van der Waals surface area contributed by atoms with Crippen molar-refractivity contribution in [2.75, 3.05) is 6.61 Å². The van der Waals surface area contributed by atoms with Crippen molar-refractivity contribution in [3.05, 3.63) is 65.2 Å². The first kappa shape index (κ1) is 17.1. The molecule has 5 nitrogen and oxygen atoms in total. The monoisotopic (exact) mass is 330 g/mol. The van der Waals surface area contributed by atoms with Crippen molar-refractivity contribution < 1.29 is 23.1 Å². The summed E-state index contributed by atoms with van der Waals surface area (Å²) < 4.78 is 31.8. The Bertz CT molecular complexity index is 803. The van der Waals surface area contributed by atoms with E-state index in [-0.39, 0.29) is 16.9 Å². The third kappa shape index (κ3) is 4.14. The van der Waals surface area contributed by atoms with Gasteiger partial charge >= 0.3 is 0 Å². The molecule has 2 rings (SSSR count). The maximum atomic E-state index is 13.7. The summed E-state index contributed by atoms with van der Waals surface area (Å²) in [7, 11) is 0. The Morgan fingerprint density at radius 3 is 2.71 bits per heavy atom. The number of aldehydes is 1. The molecule has 2 aromatic rings. The molecule has 0 aliphatic carbocycles. The van der Waals surface area contributed by atoms with E-state index in [0.29, 0.717) is 12.4 Å². The lowest BCUT2D eigenvalue weighted by Gasteiger charge is -2.14. The third-order valence-electron chi connectivity index (χ3n) is 3.11. The van der Waals surface area contributed by atoms with Crippen LogP contribution in [0.1, 0.15) is 22.0 Å². The average Bonchev–Trinajstić information content (AvgIpc) is 2.58. The molecule has 2 aromatic carbocycles. The van der Waals surface area contributed by atoms with Gasteiger partial charge in [-0.2, -0.15) is 5.26 Å². The number of hydrogen-bond acceptors (Lipinski definition) is 4. The fourth-order valence-electron chi connectivity index (χ4n) is 1.97. The van der Waals surface area contributed by atoms with Gasteiger partial charge in [-0.25, -0.2) is 8.78 Å². The van der Waals surface area contributed by atoms with E-state index in [4.69, 9.17) is 10.00 Å². The van der Waals surface area contributed by atoms with Crippen LogP contribution in [0.5, 0.6) is 5.75 Å². The van der Waals surface area contributed by atoms with Gasteiger partial charge in [-0.05, 0) is 18.2 Å². The van der Waals surface area contributed by atoms with E-state index in [9.17, 15) is 18.4 Å². The molecule has 24 heavy (non-hydrogen) atoms. The summed E-state index contributed by atoms with van der Waals surface area (Å²) in [5.74, 6) is -2.20. The second-order valence-electron chi connectivity index (χ2n) is 4.74. The van der Waals surface area contributed by atoms with Gasteiger partial charge < -0.3 is 10.1 Å². The van der Waals surface area contributed by atoms with Crippen LogP contribution >= 0.6 is 0 Å². The topological polar surface area (TPSA) is 79.2 Å². The van der Waals surface area contributed by atoms with E-state index in [0.717, 1.165) is 12.1 Å². The fourth-order valence-corrected chi connectivity index (χ4v) is 1.97. The molecule has 0 radical (unpaired) electrons. The number of carbonyl (C=O) groups excluding carboxylic acids is 2. The molecule has 0 aliphatic rings. The minimum Gasteiger partial charge on any atom is -0.483 e. The van der Waals surface area contributed by atoms with E-state index in [2.05, 4.69) is 5.32 Å². The number of halogens is 2. The minimum atomic E-state index is -1.29. The largest absolute Gasteiger partial charge is 0.483 e. The van der Waals surface area contributed by atoms with Crippen LogP contribution in [0, 0.1) is 23.0 Å². The molecular formula is C17H12F2N2O3. The van der Waals surface area contributed by atoms with Gasteiger partial charge in [0.2, 0.25) is 0 Å². The van der Waals surface area contributed by atoms with Crippen LogP contribution < -0.4 is 10.1 Å². The molecule has 0 saturated carbocycles. The Labute approximate surface area is 136 Å². The Balaban J connectivity index is 2.02. The lowest BCUT2D eigenvalue weighted by atomic mass is 10.1. The van der Waals surface area contributed by atoms with Crippen LogP contribution in [0.25, 0.3) is 0 Å². The summed E-state index contributed by atoms with van der Waals surface area (Å²) >= 11 is 0. The molecule has 0 heterocycles. The van der Waals surface area contributed by atoms with Crippen LogP contribution in [0.4, 0.5) is 8.78 Å². The van der Waals surface area contributed by atoms with Crippen molar-refractivity contribution in [2.24, 2.45) is 0 Å². The number of carbonyl (C=O) groups is 2. The summed E-state index contributed by atoms with van der Waals surface area (Å²) in [6, 6.07) is 9.44. The van der Waals surface area contributed by atoms with Gasteiger partial charge in [-0.1, -0.05) is 18.2 Å². The van der Waals surface area contributed by atoms with Crippen molar-refractivity contribution in [3.63, 3.8) is 0 Å². The van der Waals surface area contributed by atoms with Gasteiger partial charge in [0.1, 0.15) is 23.4 Å². The number of nitrogens with zero attached hydrogens (tertiary/aromatic N) is 1. The van der Waals surface area contributed by atoms with Gasteiger partial charge in [0.05, 0.1) is 11.6 Å². The summed E-state index contributed by atoms with van der Waals surface area (Å²) in [6.45, 7) is -0.466. The zero-order valence-corrected chi connectivity index (χ0v) is 12.3. The summed E-state index contributed by atoms with van der Waals surface area (Å²) in [5, 5.41) is 11.4. The Morgan fingerprint density at radius 1 is 1.29 bits per heavy atom. The molecule has 0 aromatic heterocycles. The van der Waals surface area contributed by atoms with Gasteiger partial charge in [0, 0.05) is 11.6 Å². The maximum absolute atomic E-state index is 13.7. The van der Waals surface area contributed by atoms with Crippen LogP contribution in [0.15, 0.2) is 42.5 Å². The van der Waals surface area contributed by atoms with Crippen molar-refractivity contribution in [2.45, 2.75) is 6.04 Å². The minimum absolute atomic E-state index is 0.152. The number of amides is 1. The standard InChI is InChI=1S/C17H12F2N2O3/c18-12-5-6-13(14(19)7-12)15(8-20)21-17(23)10-24-16-4-2-1-3-11(16)9-22/h1-7,9,15H,10H2,(H,21,23). The Morgan fingerprint density at radius 2 is 2.04 bits per heavy atom. The lowest BCUT2D eigenvalue weighted by Crippen LogP contribution is -2.32. The zero-order valence-electron chi connectivity index (χ0n) is 12.3. The summed E-state index contributed by atoms with van der Waals surface area (Å²) in [5.41, 5.74) is 0.118. The number of rotatable bonds is 6. The highest BCUT2D eigenvalue weighted by atomic mass is 19.1. The number of nitrogens with one attached hydrogen (secondary N) is 1. The molecule has 0 spiro atoms. The van der Waals surface area contributed by atoms with Crippen LogP contribution in [-0.2, 0) is 4.79 Å². The molecule has 122 valence electrons. The number of nitriles is 1. The number of hydrogen-bond donors (Lipinski definition) is 1. The van der Waals surface area contributed by atoms with E-state index in [1.807, 2.05) is 0 Å². The number of benzene rings is 2. The average molecular weight is 330 g/mol. The van der Waals surface area contributed by atoms with Crippen molar-refractivity contribution >= 4 is 12.2 Å². The number of ether oxygens (including phenoxy) is 1. The van der Waals surface area contributed by atoms with E-state index in [1.165, 1.54) is 12.1 Å². The van der Waals surface area contributed by atoms with Gasteiger partial charge in [-0.15, -0.1) is 0 Å². The lowest BCUT2D eigenvalue weighted by molar-refractivity contribution is -0.123.